The number of hydrogen-bond acceptors (Lipinski definition) is 3. The van der Waals surface area contributed by atoms with E-state index in [0.29, 0.717) is 18.1 Å². The van der Waals surface area contributed by atoms with Crippen molar-refractivity contribution in [3.05, 3.63) is 28.8 Å². The average Bonchev–Trinajstić information content (AvgIpc) is 2.41. The van der Waals surface area contributed by atoms with Gasteiger partial charge in [-0.1, -0.05) is 23.7 Å². The summed E-state index contributed by atoms with van der Waals surface area (Å²) in [6.45, 7) is 4.75. The lowest BCUT2D eigenvalue weighted by atomic mass is 9.93. The summed E-state index contributed by atoms with van der Waals surface area (Å²) in [4.78, 5) is 0.199. The SMILES string of the molecule is Cc1cccc(S(=O)(=O)N2CCC[C@H]([C@H](C)N)C2)c1Cl. The van der Waals surface area contributed by atoms with Crippen molar-refractivity contribution < 1.29 is 8.42 Å². The number of aryl methyl sites for hydroxylation is 1. The minimum atomic E-state index is -3.54. The largest absolute Gasteiger partial charge is 0.328 e. The molecule has 0 aliphatic carbocycles. The fraction of sp³-hybridized carbons (Fsp3) is 0.571. The van der Waals surface area contributed by atoms with Crippen molar-refractivity contribution in [2.24, 2.45) is 11.7 Å². The van der Waals surface area contributed by atoms with Crippen LogP contribution in [0.3, 0.4) is 0 Å². The Labute approximate surface area is 126 Å². The van der Waals surface area contributed by atoms with Crippen LogP contribution in [0.2, 0.25) is 5.02 Å². The minimum absolute atomic E-state index is 0.000909. The van der Waals surface area contributed by atoms with Gasteiger partial charge in [0.15, 0.2) is 0 Å². The van der Waals surface area contributed by atoms with Crippen LogP contribution in [0.4, 0.5) is 0 Å². The lowest BCUT2D eigenvalue weighted by Crippen LogP contribution is -2.45. The summed E-state index contributed by atoms with van der Waals surface area (Å²) in [5.41, 5.74) is 6.69. The number of halogens is 1. The minimum Gasteiger partial charge on any atom is -0.328 e. The van der Waals surface area contributed by atoms with Crippen molar-refractivity contribution >= 4 is 21.6 Å². The number of nitrogens with zero attached hydrogens (tertiary/aromatic N) is 1. The number of benzene rings is 1. The van der Waals surface area contributed by atoms with E-state index in [2.05, 4.69) is 0 Å². The van der Waals surface area contributed by atoms with Crippen LogP contribution in [0.25, 0.3) is 0 Å². The fourth-order valence-electron chi connectivity index (χ4n) is 2.58. The molecule has 0 spiro atoms. The molecule has 6 heteroatoms. The number of piperidine rings is 1. The molecule has 2 rings (SSSR count). The Kier molecular flexibility index (Phi) is 4.74. The second-order valence-electron chi connectivity index (χ2n) is 5.51. The molecule has 0 radical (unpaired) electrons. The van der Waals surface area contributed by atoms with Crippen molar-refractivity contribution in [3.63, 3.8) is 0 Å². The van der Waals surface area contributed by atoms with Crippen LogP contribution in [0, 0.1) is 12.8 Å². The molecule has 0 saturated carbocycles. The summed E-state index contributed by atoms with van der Waals surface area (Å²) in [7, 11) is -3.54. The highest BCUT2D eigenvalue weighted by Gasteiger charge is 2.32. The monoisotopic (exact) mass is 316 g/mol. The van der Waals surface area contributed by atoms with Gasteiger partial charge in [0.1, 0.15) is 4.90 Å². The van der Waals surface area contributed by atoms with Gasteiger partial charge in [0.25, 0.3) is 0 Å². The zero-order chi connectivity index (χ0) is 14.9. The van der Waals surface area contributed by atoms with Crippen LogP contribution in [0.1, 0.15) is 25.3 Å². The van der Waals surface area contributed by atoms with E-state index in [4.69, 9.17) is 17.3 Å². The van der Waals surface area contributed by atoms with Crippen LogP contribution >= 0.6 is 11.6 Å². The molecule has 1 aliphatic rings. The van der Waals surface area contributed by atoms with E-state index in [0.717, 1.165) is 18.4 Å². The van der Waals surface area contributed by atoms with E-state index in [-0.39, 0.29) is 16.9 Å². The number of nitrogens with two attached hydrogens (primary N) is 1. The molecule has 1 aromatic carbocycles. The van der Waals surface area contributed by atoms with E-state index in [1.165, 1.54) is 4.31 Å². The Morgan fingerprint density at radius 2 is 2.15 bits per heavy atom. The first-order chi connectivity index (χ1) is 9.34. The molecule has 0 unspecified atom stereocenters. The molecule has 0 bridgehead atoms. The standard InChI is InChI=1S/C14H21ClN2O2S/c1-10-5-3-7-13(14(10)15)20(18,19)17-8-4-6-12(9-17)11(2)16/h3,5,7,11-12H,4,6,8-9,16H2,1-2H3/t11-,12-/m0/s1. The molecular formula is C14H21ClN2O2S. The van der Waals surface area contributed by atoms with E-state index in [9.17, 15) is 8.42 Å². The highest BCUT2D eigenvalue weighted by molar-refractivity contribution is 7.89. The third-order valence-corrected chi connectivity index (χ3v) is 6.46. The van der Waals surface area contributed by atoms with Gasteiger partial charge in [-0.15, -0.1) is 0 Å². The molecule has 112 valence electrons. The topological polar surface area (TPSA) is 63.4 Å². The number of hydrogen-bond donors (Lipinski definition) is 1. The van der Waals surface area contributed by atoms with Gasteiger partial charge in [-0.3, -0.25) is 0 Å². The van der Waals surface area contributed by atoms with Crippen LogP contribution < -0.4 is 5.73 Å². The summed E-state index contributed by atoms with van der Waals surface area (Å²) < 4.78 is 27.0. The smallest absolute Gasteiger partial charge is 0.244 e. The predicted molar refractivity (Wildman–Crippen MR) is 81.3 cm³/mol. The highest BCUT2D eigenvalue weighted by atomic mass is 35.5. The quantitative estimate of drug-likeness (QED) is 0.931. The highest BCUT2D eigenvalue weighted by Crippen LogP contribution is 2.30. The number of rotatable bonds is 3. The Hall–Kier alpha value is -0.620. The molecule has 2 atom stereocenters. The first-order valence-corrected chi connectivity index (χ1v) is 8.66. The lowest BCUT2D eigenvalue weighted by Gasteiger charge is -2.34. The normalized spacial score (nSPS) is 22.7. The molecule has 0 amide bonds. The van der Waals surface area contributed by atoms with Crippen molar-refractivity contribution in [1.82, 2.24) is 4.31 Å². The molecule has 0 aromatic heterocycles. The summed E-state index contributed by atoms with van der Waals surface area (Å²) in [5.74, 6) is 0.210. The average molecular weight is 317 g/mol. The van der Waals surface area contributed by atoms with Gasteiger partial charge < -0.3 is 5.73 Å². The Morgan fingerprint density at radius 1 is 1.45 bits per heavy atom. The van der Waals surface area contributed by atoms with E-state index >= 15 is 0 Å². The zero-order valence-electron chi connectivity index (χ0n) is 11.8. The second kappa shape index (κ2) is 6.02. The summed E-state index contributed by atoms with van der Waals surface area (Å²) in [5, 5.41) is 0.315. The zero-order valence-corrected chi connectivity index (χ0v) is 13.4. The van der Waals surface area contributed by atoms with E-state index in [1.807, 2.05) is 19.9 Å². The Morgan fingerprint density at radius 3 is 2.80 bits per heavy atom. The summed E-state index contributed by atoms with van der Waals surface area (Å²) in [6, 6.07) is 5.10. The van der Waals surface area contributed by atoms with Gasteiger partial charge in [0, 0.05) is 19.1 Å². The molecule has 1 aliphatic heterocycles. The molecule has 1 fully saturated rings. The molecule has 4 nitrogen and oxygen atoms in total. The Bertz CT molecular complexity index is 587. The molecule has 1 aromatic rings. The van der Waals surface area contributed by atoms with Crippen molar-refractivity contribution in [2.45, 2.75) is 37.6 Å². The van der Waals surface area contributed by atoms with Crippen LogP contribution in [0.5, 0.6) is 0 Å². The van der Waals surface area contributed by atoms with Crippen LogP contribution in [-0.4, -0.2) is 31.9 Å². The van der Waals surface area contributed by atoms with Crippen LogP contribution in [0.15, 0.2) is 23.1 Å². The third-order valence-electron chi connectivity index (χ3n) is 3.94. The third kappa shape index (κ3) is 3.01. The summed E-state index contributed by atoms with van der Waals surface area (Å²) in [6.07, 6.45) is 1.82. The Balaban J connectivity index is 2.33. The van der Waals surface area contributed by atoms with Gasteiger partial charge in [0.05, 0.1) is 5.02 Å². The molecule has 1 saturated heterocycles. The maximum atomic E-state index is 12.7. The summed E-state index contributed by atoms with van der Waals surface area (Å²) >= 11 is 6.17. The molecule has 20 heavy (non-hydrogen) atoms. The second-order valence-corrected chi connectivity index (χ2v) is 7.80. The van der Waals surface area contributed by atoms with Gasteiger partial charge in [-0.2, -0.15) is 4.31 Å². The molecule has 2 N–H and O–H groups in total. The fourth-order valence-corrected chi connectivity index (χ4v) is 4.67. The van der Waals surface area contributed by atoms with Crippen molar-refractivity contribution in [1.29, 1.82) is 0 Å². The van der Waals surface area contributed by atoms with Crippen molar-refractivity contribution in [2.75, 3.05) is 13.1 Å². The maximum Gasteiger partial charge on any atom is 0.244 e. The van der Waals surface area contributed by atoms with Crippen LogP contribution in [-0.2, 0) is 10.0 Å². The molecule has 1 heterocycles. The van der Waals surface area contributed by atoms with E-state index < -0.39 is 10.0 Å². The first-order valence-electron chi connectivity index (χ1n) is 6.85. The van der Waals surface area contributed by atoms with Gasteiger partial charge in [0.2, 0.25) is 10.0 Å². The number of sulfonamides is 1. The van der Waals surface area contributed by atoms with Gasteiger partial charge in [-0.05, 0) is 44.2 Å². The predicted octanol–water partition coefficient (Wildman–Crippen LogP) is 2.40. The van der Waals surface area contributed by atoms with Gasteiger partial charge in [-0.25, -0.2) is 8.42 Å². The first kappa shape index (κ1) is 15.8. The molecular weight excluding hydrogens is 296 g/mol. The van der Waals surface area contributed by atoms with Gasteiger partial charge >= 0.3 is 0 Å². The van der Waals surface area contributed by atoms with Crippen molar-refractivity contribution in [3.8, 4) is 0 Å². The van der Waals surface area contributed by atoms with E-state index in [1.54, 1.807) is 12.1 Å². The lowest BCUT2D eigenvalue weighted by molar-refractivity contribution is 0.243. The maximum absolute atomic E-state index is 12.7.